The Bertz CT molecular complexity index is 692. The average molecular weight is 344 g/mol. The number of hydrogen-bond acceptors (Lipinski definition) is 3. The molecular weight excluding hydrogens is 336 g/mol. The lowest BCUT2D eigenvalue weighted by atomic mass is 10.1. The van der Waals surface area contributed by atoms with Crippen molar-refractivity contribution in [3.8, 4) is 11.5 Å². The lowest BCUT2D eigenvalue weighted by Crippen LogP contribution is -2.13. The second-order valence-electron chi connectivity index (χ2n) is 3.90. The topological polar surface area (TPSA) is 69.6 Å². The first-order valence-electron chi connectivity index (χ1n) is 5.36. The first kappa shape index (κ1) is 14.3. The maximum atomic E-state index is 13.5. The Hall–Kier alpha value is -2.15. The van der Waals surface area contributed by atoms with Gasteiger partial charge in [0.2, 0.25) is 0 Å². The number of anilines is 1. The molecule has 0 aliphatic rings. The summed E-state index contributed by atoms with van der Waals surface area (Å²) in [5.41, 5.74) is -0.490. The van der Waals surface area contributed by atoms with Crippen LogP contribution < -0.4 is 5.32 Å². The number of amides is 1. The molecule has 0 aliphatic carbocycles. The van der Waals surface area contributed by atoms with E-state index >= 15 is 0 Å². The van der Waals surface area contributed by atoms with E-state index in [0.29, 0.717) is 6.07 Å². The summed E-state index contributed by atoms with van der Waals surface area (Å²) in [7, 11) is 0. The molecule has 0 fully saturated rings. The highest BCUT2D eigenvalue weighted by molar-refractivity contribution is 9.10. The maximum absolute atomic E-state index is 13.5. The quantitative estimate of drug-likeness (QED) is 0.578. The van der Waals surface area contributed by atoms with E-state index in [1.54, 1.807) is 0 Å². The van der Waals surface area contributed by atoms with Gasteiger partial charge in [0.05, 0.1) is 15.7 Å². The Labute approximate surface area is 120 Å². The molecule has 1 amide bonds. The molecule has 0 aliphatic heterocycles. The molecule has 0 unspecified atom stereocenters. The smallest absolute Gasteiger partial charge is 0.259 e. The van der Waals surface area contributed by atoms with Gasteiger partial charge in [0.15, 0.2) is 0 Å². The fourth-order valence-corrected chi connectivity index (χ4v) is 1.86. The number of rotatable bonds is 2. The van der Waals surface area contributed by atoms with E-state index in [2.05, 4.69) is 21.2 Å². The van der Waals surface area contributed by atoms with Crippen LogP contribution in [-0.4, -0.2) is 16.1 Å². The van der Waals surface area contributed by atoms with Crippen LogP contribution in [0.3, 0.4) is 0 Å². The molecular formula is C13H8BrF2NO3. The Balaban J connectivity index is 2.32. The molecule has 0 heterocycles. The molecule has 0 radical (unpaired) electrons. The minimum atomic E-state index is -0.960. The molecule has 104 valence electrons. The second kappa shape index (κ2) is 5.46. The molecule has 20 heavy (non-hydrogen) atoms. The van der Waals surface area contributed by atoms with Gasteiger partial charge in [-0.15, -0.1) is 0 Å². The van der Waals surface area contributed by atoms with Gasteiger partial charge in [0, 0.05) is 6.07 Å². The van der Waals surface area contributed by atoms with Crippen molar-refractivity contribution in [3.05, 3.63) is 52.0 Å². The van der Waals surface area contributed by atoms with E-state index in [4.69, 9.17) is 0 Å². The van der Waals surface area contributed by atoms with Crippen molar-refractivity contribution in [2.75, 3.05) is 5.32 Å². The van der Waals surface area contributed by atoms with Crippen molar-refractivity contribution in [1.82, 2.24) is 0 Å². The third kappa shape index (κ3) is 2.88. The summed E-state index contributed by atoms with van der Waals surface area (Å²) in [6, 6.07) is 5.02. The number of carbonyl (C=O) groups is 1. The summed E-state index contributed by atoms with van der Waals surface area (Å²) >= 11 is 2.87. The fourth-order valence-electron chi connectivity index (χ4n) is 1.51. The monoisotopic (exact) mass is 343 g/mol. The van der Waals surface area contributed by atoms with Gasteiger partial charge in [-0.1, -0.05) is 0 Å². The number of hydrogen-bond donors (Lipinski definition) is 3. The maximum Gasteiger partial charge on any atom is 0.259 e. The molecule has 2 aromatic carbocycles. The molecule has 2 rings (SSSR count). The lowest BCUT2D eigenvalue weighted by molar-refractivity contribution is 0.102. The standard InChI is InChI=1S/C13H8BrF2NO3/c14-8-4-11(10(16)5-9(8)15)17-13(20)7-3-6(18)1-2-12(7)19/h1-5,18-19H,(H,17,20). The van der Waals surface area contributed by atoms with Gasteiger partial charge in [-0.2, -0.15) is 0 Å². The van der Waals surface area contributed by atoms with Gasteiger partial charge < -0.3 is 15.5 Å². The minimum Gasteiger partial charge on any atom is -0.508 e. The van der Waals surface area contributed by atoms with Gasteiger partial charge in [-0.3, -0.25) is 4.79 Å². The molecule has 0 atom stereocenters. The van der Waals surface area contributed by atoms with E-state index in [-0.39, 0.29) is 27.2 Å². The Morgan fingerprint density at radius 2 is 1.80 bits per heavy atom. The molecule has 0 aromatic heterocycles. The van der Waals surface area contributed by atoms with E-state index < -0.39 is 17.5 Å². The zero-order valence-corrected chi connectivity index (χ0v) is 11.4. The van der Waals surface area contributed by atoms with E-state index in [9.17, 15) is 23.8 Å². The van der Waals surface area contributed by atoms with Crippen LogP contribution in [0.15, 0.2) is 34.8 Å². The summed E-state index contributed by atoms with van der Waals surface area (Å²) in [6.45, 7) is 0. The van der Waals surface area contributed by atoms with Crippen molar-refractivity contribution < 1.29 is 23.8 Å². The zero-order valence-electron chi connectivity index (χ0n) is 9.82. The molecule has 3 N–H and O–H groups in total. The number of nitrogens with one attached hydrogen (secondary N) is 1. The van der Waals surface area contributed by atoms with Crippen LogP contribution in [0.25, 0.3) is 0 Å². The van der Waals surface area contributed by atoms with Crippen molar-refractivity contribution in [3.63, 3.8) is 0 Å². The van der Waals surface area contributed by atoms with Crippen LogP contribution in [0.2, 0.25) is 0 Å². The van der Waals surface area contributed by atoms with Crippen LogP contribution in [-0.2, 0) is 0 Å². The van der Waals surface area contributed by atoms with Crippen LogP contribution in [0.5, 0.6) is 11.5 Å². The van der Waals surface area contributed by atoms with Gasteiger partial charge in [-0.05, 0) is 40.2 Å². The van der Waals surface area contributed by atoms with Crippen molar-refractivity contribution in [2.24, 2.45) is 0 Å². The molecule has 0 saturated carbocycles. The van der Waals surface area contributed by atoms with Crippen LogP contribution in [0.1, 0.15) is 10.4 Å². The minimum absolute atomic E-state index is 0.0191. The number of phenolic OH excluding ortho intramolecular Hbond substituents is 2. The highest BCUT2D eigenvalue weighted by Gasteiger charge is 2.15. The van der Waals surface area contributed by atoms with Gasteiger partial charge >= 0.3 is 0 Å². The van der Waals surface area contributed by atoms with Crippen molar-refractivity contribution in [2.45, 2.75) is 0 Å². The Kier molecular flexibility index (Phi) is 3.89. The normalized spacial score (nSPS) is 10.3. The summed E-state index contributed by atoms with van der Waals surface area (Å²) in [5.74, 6) is -3.20. The first-order valence-corrected chi connectivity index (χ1v) is 6.15. The first-order chi connectivity index (χ1) is 9.38. The van der Waals surface area contributed by atoms with Crippen molar-refractivity contribution >= 4 is 27.5 Å². The fraction of sp³-hybridized carbons (Fsp3) is 0. The molecule has 0 saturated heterocycles. The highest BCUT2D eigenvalue weighted by Crippen LogP contribution is 2.26. The predicted molar refractivity (Wildman–Crippen MR) is 71.8 cm³/mol. The SMILES string of the molecule is O=C(Nc1cc(Br)c(F)cc1F)c1cc(O)ccc1O. The van der Waals surface area contributed by atoms with E-state index in [1.165, 1.54) is 6.07 Å². The summed E-state index contributed by atoms with van der Waals surface area (Å²) in [5, 5.41) is 21.0. The number of benzene rings is 2. The van der Waals surface area contributed by atoms with Gasteiger partial charge in [0.25, 0.3) is 5.91 Å². The summed E-state index contributed by atoms with van der Waals surface area (Å²) in [4.78, 5) is 11.9. The van der Waals surface area contributed by atoms with Gasteiger partial charge in [-0.25, -0.2) is 8.78 Å². The van der Waals surface area contributed by atoms with E-state index in [1.807, 2.05) is 0 Å². The largest absolute Gasteiger partial charge is 0.508 e. The third-order valence-corrected chi connectivity index (χ3v) is 3.09. The van der Waals surface area contributed by atoms with Gasteiger partial charge in [0.1, 0.15) is 23.1 Å². The number of halogens is 3. The average Bonchev–Trinajstić information content (AvgIpc) is 2.38. The molecule has 4 nitrogen and oxygen atoms in total. The zero-order chi connectivity index (χ0) is 14.9. The van der Waals surface area contributed by atoms with Crippen LogP contribution in [0.4, 0.5) is 14.5 Å². The Morgan fingerprint density at radius 3 is 2.50 bits per heavy atom. The van der Waals surface area contributed by atoms with Crippen LogP contribution in [0, 0.1) is 11.6 Å². The number of carbonyl (C=O) groups excluding carboxylic acids is 1. The molecule has 0 bridgehead atoms. The van der Waals surface area contributed by atoms with E-state index in [0.717, 1.165) is 18.2 Å². The van der Waals surface area contributed by atoms with Crippen LogP contribution >= 0.6 is 15.9 Å². The lowest BCUT2D eigenvalue weighted by Gasteiger charge is -2.09. The predicted octanol–water partition coefficient (Wildman–Crippen LogP) is 3.39. The summed E-state index contributed by atoms with van der Waals surface area (Å²) < 4.78 is 26.5. The molecule has 2 aromatic rings. The highest BCUT2D eigenvalue weighted by atomic mass is 79.9. The third-order valence-electron chi connectivity index (χ3n) is 2.48. The molecule has 0 spiro atoms. The van der Waals surface area contributed by atoms with Crippen molar-refractivity contribution in [1.29, 1.82) is 0 Å². The molecule has 7 heteroatoms. The summed E-state index contributed by atoms with van der Waals surface area (Å²) in [6.07, 6.45) is 0. The number of phenols is 2. The number of aromatic hydroxyl groups is 2. The Morgan fingerprint density at radius 1 is 1.10 bits per heavy atom. The second-order valence-corrected chi connectivity index (χ2v) is 4.76.